The van der Waals surface area contributed by atoms with Gasteiger partial charge < -0.3 is 30.1 Å². The summed E-state index contributed by atoms with van der Waals surface area (Å²) >= 11 is 0. The van der Waals surface area contributed by atoms with Gasteiger partial charge in [-0.15, -0.1) is 10.2 Å². The van der Waals surface area contributed by atoms with Crippen molar-refractivity contribution in [2.24, 2.45) is 17.8 Å². The van der Waals surface area contributed by atoms with Gasteiger partial charge in [0.1, 0.15) is 23.7 Å². The largest absolute Gasteiger partial charge is 0.476 e. The van der Waals surface area contributed by atoms with Crippen LogP contribution in [0.25, 0.3) is 10.8 Å². The van der Waals surface area contributed by atoms with Gasteiger partial charge in [0, 0.05) is 12.3 Å². The summed E-state index contributed by atoms with van der Waals surface area (Å²) < 4.78 is 39.4. The maximum atomic E-state index is 14.5. The fraction of sp³-hybridized carbons (Fsp3) is 0.611. The second-order valence-corrected chi connectivity index (χ2v) is 17.1. The molecule has 0 radical (unpaired) electrons. The lowest BCUT2D eigenvalue weighted by molar-refractivity contribution is -0.142. The van der Waals surface area contributed by atoms with Crippen LogP contribution in [-0.4, -0.2) is 94.1 Å². The highest BCUT2D eigenvalue weighted by Gasteiger charge is 2.63. The lowest BCUT2D eigenvalue weighted by Gasteiger charge is -2.33. The highest BCUT2D eigenvalue weighted by Crippen LogP contribution is 2.47. The van der Waals surface area contributed by atoms with Gasteiger partial charge in [0.2, 0.25) is 33.6 Å². The quantitative estimate of drug-likeness (QED) is 0.275. The Hall–Kier alpha value is -4.47. The highest BCUT2D eigenvalue weighted by atomic mass is 32.2. The van der Waals surface area contributed by atoms with Crippen molar-refractivity contribution in [3.8, 4) is 11.8 Å². The number of benzene rings is 1. The SMILES string of the molecule is CCOc1nnc(O[C@@H]2C[C@H]3C(=O)N[C@]4(C(=O)NS(=O)(=O)C5(C)CC5)C[C@H]4/C=C\CC[C@@H](C)C[C@@H](CC)[C@H](NC(=O)O)C(=O)N3C2)c2ccccc12. The van der Waals surface area contributed by atoms with Crippen molar-refractivity contribution < 1.29 is 42.2 Å². The average molecular weight is 741 g/mol. The maximum absolute atomic E-state index is 14.5. The molecule has 6 rings (SSSR count). The molecular formula is C36H48N6O9S. The third kappa shape index (κ3) is 7.39. The van der Waals surface area contributed by atoms with E-state index in [4.69, 9.17) is 9.47 Å². The number of carbonyl (C=O) groups excluding carboxylic acids is 3. The zero-order valence-corrected chi connectivity index (χ0v) is 30.8. The van der Waals surface area contributed by atoms with Crippen LogP contribution in [0.5, 0.6) is 11.8 Å². The summed E-state index contributed by atoms with van der Waals surface area (Å²) in [6.07, 6.45) is 5.13. The molecule has 16 heteroatoms. The molecule has 52 heavy (non-hydrogen) atoms. The highest BCUT2D eigenvalue weighted by molar-refractivity contribution is 7.91. The molecule has 2 aliphatic carbocycles. The van der Waals surface area contributed by atoms with Gasteiger partial charge in [-0.3, -0.25) is 19.1 Å². The predicted molar refractivity (Wildman–Crippen MR) is 190 cm³/mol. The fourth-order valence-corrected chi connectivity index (χ4v) is 8.80. The van der Waals surface area contributed by atoms with Gasteiger partial charge in [-0.2, -0.15) is 0 Å². The van der Waals surface area contributed by atoms with Crippen LogP contribution < -0.4 is 24.8 Å². The number of allylic oxidation sites excluding steroid dienone is 1. The zero-order valence-electron chi connectivity index (χ0n) is 30.0. The molecule has 282 valence electrons. The Morgan fingerprint density at radius 1 is 1.10 bits per heavy atom. The topological polar surface area (TPSA) is 206 Å². The van der Waals surface area contributed by atoms with Gasteiger partial charge in [-0.25, -0.2) is 13.2 Å². The van der Waals surface area contributed by atoms with Crippen molar-refractivity contribution in [1.82, 2.24) is 30.5 Å². The van der Waals surface area contributed by atoms with Gasteiger partial charge in [-0.1, -0.05) is 44.6 Å². The van der Waals surface area contributed by atoms with Crippen LogP contribution in [-0.2, 0) is 24.4 Å². The molecule has 3 fully saturated rings. The summed E-state index contributed by atoms with van der Waals surface area (Å²) in [5.74, 6) is -2.29. The fourth-order valence-electron chi connectivity index (χ4n) is 7.49. The zero-order chi connectivity index (χ0) is 37.4. The first-order chi connectivity index (χ1) is 24.7. The lowest BCUT2D eigenvalue weighted by atomic mass is 9.85. The number of nitrogens with zero attached hydrogens (tertiary/aromatic N) is 3. The Balaban J connectivity index is 1.35. The number of carboxylic acid groups (broad SMARTS) is 1. The minimum Gasteiger partial charge on any atom is -0.476 e. The number of nitrogens with one attached hydrogen (secondary N) is 3. The molecule has 3 heterocycles. The first kappa shape index (κ1) is 37.3. The molecule has 4 amide bonds. The number of amides is 4. The minimum absolute atomic E-state index is 0.0116. The summed E-state index contributed by atoms with van der Waals surface area (Å²) in [4.78, 5) is 56.1. The molecule has 2 saturated carbocycles. The third-order valence-corrected chi connectivity index (χ3v) is 13.2. The minimum atomic E-state index is -4.00. The van der Waals surface area contributed by atoms with Crippen molar-refractivity contribution in [2.45, 2.75) is 108 Å². The molecule has 0 spiro atoms. The smallest absolute Gasteiger partial charge is 0.405 e. The Kier molecular flexibility index (Phi) is 10.4. The molecular weight excluding hydrogens is 692 g/mol. The van der Waals surface area contributed by atoms with E-state index in [1.54, 1.807) is 13.0 Å². The lowest BCUT2D eigenvalue weighted by Crippen LogP contribution is -2.59. The van der Waals surface area contributed by atoms with Crippen LogP contribution in [0.4, 0.5) is 4.79 Å². The van der Waals surface area contributed by atoms with E-state index in [2.05, 4.69) is 25.6 Å². The maximum Gasteiger partial charge on any atom is 0.405 e. The van der Waals surface area contributed by atoms with Crippen molar-refractivity contribution in [2.75, 3.05) is 13.2 Å². The first-order valence-electron chi connectivity index (χ1n) is 18.1. The van der Waals surface area contributed by atoms with Gasteiger partial charge in [0.25, 0.3) is 5.91 Å². The molecule has 4 N–H and O–H groups in total. The van der Waals surface area contributed by atoms with E-state index in [-0.39, 0.29) is 37.1 Å². The van der Waals surface area contributed by atoms with E-state index in [0.29, 0.717) is 55.4 Å². The van der Waals surface area contributed by atoms with Crippen LogP contribution in [0.2, 0.25) is 0 Å². The number of fused-ring (bicyclic) bond motifs is 3. The van der Waals surface area contributed by atoms with Crippen LogP contribution in [0.15, 0.2) is 36.4 Å². The Bertz CT molecular complexity index is 1870. The molecule has 7 atom stereocenters. The van der Waals surface area contributed by atoms with Crippen molar-refractivity contribution in [3.63, 3.8) is 0 Å². The molecule has 1 saturated heterocycles. The standard InChI is InChI=1S/C36H48N6O9S/c1-5-22-17-21(3)11-7-8-12-23-19-36(23,33(45)41-52(48,49)35(4)15-16-35)38-29(43)27-18-24(20-42(27)32(44)28(22)37-34(46)47)51-31-26-14-10-9-13-25(26)30(39-40-31)50-6-2/h8-10,12-14,21-24,27-28,37H,5-7,11,15-20H2,1-4H3,(H,38,43)(H,41,45)(H,46,47)/b12-8-/t21-,22-,23-,24-,27+,28+,36-/m1/s1. The first-order valence-corrected chi connectivity index (χ1v) is 19.6. The van der Waals surface area contributed by atoms with Gasteiger partial charge >= 0.3 is 6.09 Å². The molecule has 15 nitrogen and oxygen atoms in total. The van der Waals surface area contributed by atoms with Gasteiger partial charge in [0.15, 0.2) is 0 Å². The normalized spacial score (nSPS) is 30.8. The average Bonchev–Trinajstić information content (AvgIpc) is 3.98. The number of rotatable bonds is 9. The number of carbonyl (C=O) groups is 4. The van der Waals surface area contributed by atoms with Gasteiger partial charge in [-0.05, 0) is 76.3 Å². The van der Waals surface area contributed by atoms with E-state index < -0.39 is 68.2 Å². The molecule has 0 unspecified atom stereocenters. The molecule has 0 bridgehead atoms. The van der Waals surface area contributed by atoms with Gasteiger partial charge in [0.05, 0.1) is 28.7 Å². The monoisotopic (exact) mass is 740 g/mol. The number of ether oxygens (including phenoxy) is 2. The summed E-state index contributed by atoms with van der Waals surface area (Å²) in [5, 5.41) is 24.9. The number of hydrogen-bond acceptors (Lipinski definition) is 10. The number of aromatic nitrogens is 2. The molecule has 1 aromatic carbocycles. The molecule has 2 aliphatic heterocycles. The van der Waals surface area contributed by atoms with Crippen LogP contribution >= 0.6 is 0 Å². The second-order valence-electron chi connectivity index (χ2n) is 14.9. The molecule has 2 aromatic rings. The summed E-state index contributed by atoms with van der Waals surface area (Å²) in [6.45, 7) is 7.64. The van der Waals surface area contributed by atoms with Crippen molar-refractivity contribution >= 4 is 44.6 Å². The predicted octanol–water partition coefficient (Wildman–Crippen LogP) is 3.29. The van der Waals surface area contributed by atoms with Crippen LogP contribution in [0.3, 0.4) is 0 Å². The van der Waals surface area contributed by atoms with E-state index in [1.807, 2.05) is 51.1 Å². The Morgan fingerprint density at radius 3 is 2.44 bits per heavy atom. The van der Waals surface area contributed by atoms with Crippen LogP contribution in [0.1, 0.15) is 79.1 Å². The summed E-state index contributed by atoms with van der Waals surface area (Å²) in [6, 6.07) is 4.93. The van der Waals surface area contributed by atoms with Crippen LogP contribution in [0, 0.1) is 17.8 Å². The number of sulfonamides is 1. The van der Waals surface area contributed by atoms with E-state index in [1.165, 1.54) is 4.90 Å². The van der Waals surface area contributed by atoms with E-state index in [0.717, 1.165) is 6.42 Å². The van der Waals surface area contributed by atoms with Crippen molar-refractivity contribution in [3.05, 3.63) is 36.4 Å². The second kappa shape index (κ2) is 14.5. The van der Waals surface area contributed by atoms with E-state index >= 15 is 0 Å². The third-order valence-electron chi connectivity index (χ3n) is 11.1. The molecule has 1 aromatic heterocycles. The summed E-state index contributed by atoms with van der Waals surface area (Å²) in [5.41, 5.74) is -1.55. The number of hydrogen-bond donors (Lipinski definition) is 4. The Labute approximate surface area is 303 Å². The van der Waals surface area contributed by atoms with E-state index in [9.17, 15) is 32.7 Å². The Morgan fingerprint density at radius 2 is 1.79 bits per heavy atom. The summed E-state index contributed by atoms with van der Waals surface area (Å²) in [7, 11) is -4.00. The molecule has 4 aliphatic rings. The van der Waals surface area contributed by atoms with Crippen molar-refractivity contribution in [1.29, 1.82) is 0 Å².